The lowest BCUT2D eigenvalue weighted by Gasteiger charge is -2.18. The van der Waals surface area contributed by atoms with Crippen molar-refractivity contribution in [2.24, 2.45) is 0 Å². The molecule has 1 heterocycles. The van der Waals surface area contributed by atoms with Crippen LogP contribution in [0.5, 0.6) is 5.75 Å². The number of halogens is 2. The van der Waals surface area contributed by atoms with Gasteiger partial charge in [-0.3, -0.25) is 4.98 Å². The lowest BCUT2D eigenvalue weighted by atomic mass is 10.0. The Kier molecular flexibility index (Phi) is 4.96. The number of benzene rings is 1. The number of ether oxygens (including phenoxy) is 1. The molecule has 0 fully saturated rings. The standard InChI is InChI=1S/C14H14Br2N2O/c1-17-14(9-3-11(15)6-12(16)4-9)10-5-13(19-2)8-18-7-10/h3-8,14,17H,1-2H3. The molecular weight excluding hydrogens is 372 g/mol. The Bertz CT molecular complexity index is 555. The number of hydrogen-bond acceptors (Lipinski definition) is 3. The van der Waals surface area contributed by atoms with E-state index in [2.05, 4.69) is 54.3 Å². The minimum absolute atomic E-state index is 0.0661. The van der Waals surface area contributed by atoms with E-state index in [1.807, 2.05) is 25.4 Å². The predicted octanol–water partition coefficient (Wildman–Crippen LogP) is 3.92. The van der Waals surface area contributed by atoms with Crippen molar-refractivity contribution in [1.82, 2.24) is 10.3 Å². The van der Waals surface area contributed by atoms with Crippen molar-refractivity contribution in [1.29, 1.82) is 0 Å². The minimum atomic E-state index is 0.0661. The maximum atomic E-state index is 5.22. The van der Waals surface area contributed by atoms with Gasteiger partial charge in [0.1, 0.15) is 5.75 Å². The van der Waals surface area contributed by atoms with Crippen LogP contribution in [0, 0.1) is 0 Å². The highest BCUT2D eigenvalue weighted by atomic mass is 79.9. The Hall–Kier alpha value is -0.910. The third-order valence-electron chi connectivity index (χ3n) is 2.81. The van der Waals surface area contributed by atoms with Gasteiger partial charge in [-0.1, -0.05) is 31.9 Å². The second-order valence-corrected chi connectivity index (χ2v) is 5.91. The molecule has 1 aromatic carbocycles. The molecule has 0 saturated heterocycles. The fraction of sp³-hybridized carbons (Fsp3) is 0.214. The molecule has 1 unspecified atom stereocenters. The van der Waals surface area contributed by atoms with E-state index in [0.717, 1.165) is 25.8 Å². The fourth-order valence-electron chi connectivity index (χ4n) is 1.97. The summed E-state index contributed by atoms with van der Waals surface area (Å²) in [5.74, 6) is 0.756. The molecule has 19 heavy (non-hydrogen) atoms. The predicted molar refractivity (Wildman–Crippen MR) is 83.5 cm³/mol. The summed E-state index contributed by atoms with van der Waals surface area (Å²) in [5, 5.41) is 3.30. The van der Waals surface area contributed by atoms with Crippen LogP contribution in [0.3, 0.4) is 0 Å². The Morgan fingerprint density at radius 3 is 2.32 bits per heavy atom. The lowest BCUT2D eigenvalue weighted by Crippen LogP contribution is -2.18. The summed E-state index contributed by atoms with van der Waals surface area (Å²) in [6, 6.07) is 8.25. The van der Waals surface area contributed by atoms with Crippen LogP contribution < -0.4 is 10.1 Å². The average Bonchev–Trinajstić information content (AvgIpc) is 2.39. The minimum Gasteiger partial charge on any atom is -0.495 e. The summed E-state index contributed by atoms with van der Waals surface area (Å²) < 4.78 is 7.29. The van der Waals surface area contributed by atoms with Crippen LogP contribution in [0.1, 0.15) is 17.2 Å². The molecule has 3 nitrogen and oxygen atoms in total. The highest BCUT2D eigenvalue weighted by molar-refractivity contribution is 9.11. The fourth-order valence-corrected chi connectivity index (χ4v) is 3.30. The molecule has 0 aliphatic heterocycles. The van der Waals surface area contributed by atoms with Crippen LogP contribution in [0.4, 0.5) is 0 Å². The third-order valence-corrected chi connectivity index (χ3v) is 3.73. The first-order valence-corrected chi connectivity index (χ1v) is 7.35. The van der Waals surface area contributed by atoms with E-state index in [0.29, 0.717) is 0 Å². The van der Waals surface area contributed by atoms with Crippen molar-refractivity contribution >= 4 is 31.9 Å². The van der Waals surface area contributed by atoms with Gasteiger partial charge in [-0.2, -0.15) is 0 Å². The molecule has 2 aromatic rings. The van der Waals surface area contributed by atoms with Gasteiger partial charge in [0.05, 0.1) is 19.3 Å². The second kappa shape index (κ2) is 6.50. The molecular formula is C14H14Br2N2O. The van der Waals surface area contributed by atoms with Crippen LogP contribution in [0.15, 0.2) is 45.6 Å². The molecule has 1 N–H and O–H groups in total. The zero-order chi connectivity index (χ0) is 13.8. The lowest BCUT2D eigenvalue weighted by molar-refractivity contribution is 0.411. The van der Waals surface area contributed by atoms with E-state index in [9.17, 15) is 0 Å². The summed E-state index contributed by atoms with van der Waals surface area (Å²) >= 11 is 7.03. The topological polar surface area (TPSA) is 34.2 Å². The van der Waals surface area contributed by atoms with Crippen LogP contribution in [-0.4, -0.2) is 19.1 Å². The normalized spacial score (nSPS) is 12.2. The van der Waals surface area contributed by atoms with Crippen LogP contribution in [-0.2, 0) is 0 Å². The largest absolute Gasteiger partial charge is 0.495 e. The molecule has 0 aliphatic rings. The molecule has 1 aromatic heterocycles. The van der Waals surface area contributed by atoms with Gasteiger partial charge < -0.3 is 10.1 Å². The molecule has 0 amide bonds. The maximum Gasteiger partial charge on any atom is 0.137 e. The number of nitrogens with zero attached hydrogens (tertiary/aromatic N) is 1. The number of aromatic nitrogens is 1. The van der Waals surface area contributed by atoms with Gasteiger partial charge in [0.25, 0.3) is 0 Å². The van der Waals surface area contributed by atoms with E-state index >= 15 is 0 Å². The van der Waals surface area contributed by atoms with E-state index in [1.165, 1.54) is 0 Å². The van der Waals surface area contributed by atoms with Crippen LogP contribution in [0.2, 0.25) is 0 Å². The Labute approximate surface area is 129 Å². The number of methoxy groups -OCH3 is 1. The first kappa shape index (κ1) is 14.5. The highest BCUT2D eigenvalue weighted by Crippen LogP contribution is 2.29. The van der Waals surface area contributed by atoms with Crippen molar-refractivity contribution in [2.75, 3.05) is 14.2 Å². The van der Waals surface area contributed by atoms with Crippen LogP contribution >= 0.6 is 31.9 Å². The summed E-state index contributed by atoms with van der Waals surface area (Å²) in [5.41, 5.74) is 2.21. The van der Waals surface area contributed by atoms with Crippen molar-refractivity contribution in [3.05, 3.63) is 56.7 Å². The monoisotopic (exact) mass is 384 g/mol. The van der Waals surface area contributed by atoms with Crippen LogP contribution in [0.25, 0.3) is 0 Å². The second-order valence-electron chi connectivity index (χ2n) is 4.08. The van der Waals surface area contributed by atoms with Crippen molar-refractivity contribution in [3.63, 3.8) is 0 Å². The molecule has 2 rings (SSSR count). The van der Waals surface area contributed by atoms with E-state index in [1.54, 1.807) is 13.3 Å². The Morgan fingerprint density at radius 1 is 1.05 bits per heavy atom. The highest BCUT2D eigenvalue weighted by Gasteiger charge is 2.14. The quantitative estimate of drug-likeness (QED) is 0.865. The number of hydrogen-bond donors (Lipinski definition) is 1. The van der Waals surface area contributed by atoms with Gasteiger partial charge in [0, 0.05) is 15.1 Å². The molecule has 5 heteroatoms. The molecule has 100 valence electrons. The Balaban J connectivity index is 2.43. The summed E-state index contributed by atoms with van der Waals surface area (Å²) in [4.78, 5) is 4.21. The SMILES string of the molecule is CNC(c1cc(Br)cc(Br)c1)c1cncc(OC)c1. The first-order valence-electron chi connectivity index (χ1n) is 5.76. The number of nitrogens with one attached hydrogen (secondary N) is 1. The van der Waals surface area contributed by atoms with E-state index in [-0.39, 0.29) is 6.04 Å². The van der Waals surface area contributed by atoms with Gasteiger partial charge in [-0.25, -0.2) is 0 Å². The molecule has 0 aliphatic carbocycles. The average molecular weight is 386 g/mol. The summed E-state index contributed by atoms with van der Waals surface area (Å²) in [6.45, 7) is 0. The molecule has 0 saturated carbocycles. The number of rotatable bonds is 4. The zero-order valence-electron chi connectivity index (χ0n) is 10.7. The summed E-state index contributed by atoms with van der Waals surface area (Å²) in [6.07, 6.45) is 3.55. The van der Waals surface area contributed by atoms with E-state index < -0.39 is 0 Å². The van der Waals surface area contributed by atoms with Gasteiger partial charge in [0.2, 0.25) is 0 Å². The van der Waals surface area contributed by atoms with Gasteiger partial charge >= 0.3 is 0 Å². The first-order chi connectivity index (χ1) is 9.13. The van der Waals surface area contributed by atoms with E-state index in [4.69, 9.17) is 4.74 Å². The molecule has 0 spiro atoms. The van der Waals surface area contributed by atoms with Crippen molar-refractivity contribution in [3.8, 4) is 5.75 Å². The zero-order valence-corrected chi connectivity index (χ0v) is 13.8. The number of pyridine rings is 1. The maximum absolute atomic E-state index is 5.22. The van der Waals surface area contributed by atoms with Gasteiger partial charge in [-0.15, -0.1) is 0 Å². The smallest absolute Gasteiger partial charge is 0.137 e. The molecule has 0 radical (unpaired) electrons. The van der Waals surface area contributed by atoms with Crippen molar-refractivity contribution < 1.29 is 4.74 Å². The Morgan fingerprint density at radius 2 is 1.74 bits per heavy atom. The van der Waals surface area contributed by atoms with Gasteiger partial charge in [-0.05, 0) is 42.4 Å². The molecule has 1 atom stereocenters. The summed E-state index contributed by atoms with van der Waals surface area (Å²) in [7, 11) is 3.57. The third kappa shape index (κ3) is 3.55. The van der Waals surface area contributed by atoms with Crippen molar-refractivity contribution in [2.45, 2.75) is 6.04 Å². The molecule has 0 bridgehead atoms. The van der Waals surface area contributed by atoms with Gasteiger partial charge in [0.15, 0.2) is 0 Å².